The van der Waals surface area contributed by atoms with Crippen LogP contribution in [0.2, 0.25) is 0 Å². The van der Waals surface area contributed by atoms with Crippen molar-refractivity contribution in [1.82, 2.24) is 0 Å². The zero-order valence-electron chi connectivity index (χ0n) is 22.9. The van der Waals surface area contributed by atoms with Crippen molar-refractivity contribution >= 4 is 30.1 Å². The molecule has 13 heteroatoms. The van der Waals surface area contributed by atoms with Crippen molar-refractivity contribution in [3.8, 4) is 23.0 Å². The first-order valence-electron chi connectivity index (χ1n) is 12.7. The fraction of sp³-hybridized carbons (Fsp3) is 0.345. The number of carbonyl (C=O) groups excluding carboxylic acids is 3. The number of esters is 3. The van der Waals surface area contributed by atoms with E-state index in [9.17, 15) is 29.7 Å². The van der Waals surface area contributed by atoms with E-state index >= 15 is 0 Å². The van der Waals surface area contributed by atoms with Crippen LogP contribution in [0.4, 0.5) is 0 Å². The van der Waals surface area contributed by atoms with E-state index in [1.54, 1.807) is 12.1 Å². The average Bonchev–Trinajstić information content (AvgIpc) is 3.31. The van der Waals surface area contributed by atoms with E-state index in [1.165, 1.54) is 50.6 Å². The molecule has 42 heavy (non-hydrogen) atoms. The van der Waals surface area contributed by atoms with Crippen LogP contribution in [-0.2, 0) is 38.1 Å². The Balaban J connectivity index is 1.44. The fourth-order valence-corrected chi connectivity index (χ4v) is 4.54. The van der Waals surface area contributed by atoms with Crippen LogP contribution in [0.5, 0.6) is 23.0 Å². The molecule has 2 bridgehead atoms. The van der Waals surface area contributed by atoms with E-state index < -0.39 is 61.1 Å². The maximum Gasteiger partial charge on any atom is 0.366 e. The third-order valence-electron chi connectivity index (χ3n) is 6.59. The molecule has 4 rings (SSSR count). The maximum atomic E-state index is 12.6. The van der Waals surface area contributed by atoms with Crippen molar-refractivity contribution < 1.29 is 62.9 Å². The summed E-state index contributed by atoms with van der Waals surface area (Å²) in [5.41, 5.74) is 1.08. The lowest BCUT2D eigenvalue weighted by Crippen LogP contribution is -2.55. The van der Waals surface area contributed by atoms with E-state index in [0.717, 1.165) is 19.3 Å². The molecule has 0 spiro atoms. The minimum atomic E-state index is -1.98. The molecule has 0 aliphatic carbocycles. The van der Waals surface area contributed by atoms with Gasteiger partial charge in [0.2, 0.25) is 0 Å². The lowest BCUT2D eigenvalue weighted by molar-refractivity contribution is -0.249. The van der Waals surface area contributed by atoms with Crippen molar-refractivity contribution in [2.45, 2.75) is 36.6 Å². The number of hydrogen-bond donors (Lipinski definition) is 3. The van der Waals surface area contributed by atoms with E-state index in [2.05, 4.69) is 0 Å². The van der Waals surface area contributed by atoms with Gasteiger partial charge in [-0.25, -0.2) is 14.4 Å². The number of ether oxygens (including phenoxy) is 7. The Morgan fingerprint density at radius 2 is 1.48 bits per heavy atom. The largest absolute Gasteiger partial charge is 0.504 e. The van der Waals surface area contributed by atoms with Gasteiger partial charge in [-0.05, 0) is 47.5 Å². The van der Waals surface area contributed by atoms with Crippen molar-refractivity contribution in [2.75, 3.05) is 27.9 Å². The highest BCUT2D eigenvalue weighted by Gasteiger charge is 2.63. The predicted octanol–water partition coefficient (Wildman–Crippen LogP) is 1.71. The van der Waals surface area contributed by atoms with Crippen LogP contribution >= 0.6 is 0 Å². The molecule has 0 amide bonds. The molecule has 2 saturated heterocycles. The highest BCUT2D eigenvalue weighted by atomic mass is 16.8. The Hall–Kier alpha value is -4.59. The van der Waals surface area contributed by atoms with Crippen LogP contribution in [-0.4, -0.2) is 91.4 Å². The predicted molar refractivity (Wildman–Crippen MR) is 143 cm³/mol. The Bertz CT molecular complexity index is 1380. The fourth-order valence-electron chi connectivity index (χ4n) is 4.54. The first-order valence-corrected chi connectivity index (χ1v) is 12.7. The molecule has 13 nitrogen and oxygen atoms in total. The topological polar surface area (TPSA) is 177 Å². The summed E-state index contributed by atoms with van der Waals surface area (Å²) < 4.78 is 37.2. The van der Waals surface area contributed by atoms with Gasteiger partial charge in [-0.1, -0.05) is 12.1 Å². The summed E-state index contributed by atoms with van der Waals surface area (Å²) in [6.07, 6.45) is -0.241. The third kappa shape index (κ3) is 6.65. The van der Waals surface area contributed by atoms with Gasteiger partial charge in [-0.3, -0.25) is 0 Å². The molecular formula is C29H30O13. The number of carbonyl (C=O) groups is 3. The van der Waals surface area contributed by atoms with E-state index in [-0.39, 0.29) is 23.0 Å². The summed E-state index contributed by atoms with van der Waals surface area (Å²) in [7, 11) is 3.90. The lowest BCUT2D eigenvalue weighted by atomic mass is 9.95. The van der Waals surface area contributed by atoms with Crippen LogP contribution in [0.15, 0.2) is 48.6 Å². The van der Waals surface area contributed by atoms with Crippen molar-refractivity contribution in [1.29, 1.82) is 0 Å². The molecule has 2 aliphatic rings. The van der Waals surface area contributed by atoms with Crippen LogP contribution in [0.25, 0.3) is 12.2 Å². The maximum absolute atomic E-state index is 12.6. The first-order chi connectivity index (χ1) is 20.1. The molecule has 2 heterocycles. The monoisotopic (exact) mass is 586 g/mol. The second kappa shape index (κ2) is 12.9. The quantitative estimate of drug-likeness (QED) is 0.209. The van der Waals surface area contributed by atoms with Gasteiger partial charge < -0.3 is 48.5 Å². The minimum absolute atomic E-state index is 0.0604. The lowest BCUT2D eigenvalue weighted by Gasteiger charge is -2.36. The number of phenols is 2. The molecule has 2 fully saturated rings. The van der Waals surface area contributed by atoms with E-state index in [4.69, 9.17) is 33.2 Å². The molecule has 0 unspecified atom stereocenters. The molecular weight excluding hydrogens is 556 g/mol. The summed E-state index contributed by atoms with van der Waals surface area (Å²) in [6, 6.07) is 8.93. The van der Waals surface area contributed by atoms with Crippen LogP contribution in [0.3, 0.4) is 0 Å². The van der Waals surface area contributed by atoms with Crippen LogP contribution < -0.4 is 9.47 Å². The summed E-state index contributed by atoms with van der Waals surface area (Å²) in [5, 5.41) is 30.2. The van der Waals surface area contributed by atoms with Gasteiger partial charge in [-0.2, -0.15) is 0 Å². The number of methoxy groups -OCH3 is 3. The summed E-state index contributed by atoms with van der Waals surface area (Å²) in [6.45, 7) is -0.407. The number of aromatic hydroxyl groups is 2. The Morgan fingerprint density at radius 1 is 0.905 bits per heavy atom. The smallest absolute Gasteiger partial charge is 0.366 e. The first kappa shape index (κ1) is 30.4. The SMILES string of the molecule is COC(=O)[C@]12C[C@@H](O)[C@@H](OC(=O)C=Cc3ccc(O)c(OC)c3)[C@H](O1)[C@@H](COC(=O)C=Cc1ccc(O)c(OC)c1)O2. The molecule has 2 aromatic rings. The van der Waals surface area contributed by atoms with Gasteiger partial charge in [0.15, 0.2) is 29.1 Å². The van der Waals surface area contributed by atoms with Gasteiger partial charge in [0.05, 0.1) is 27.4 Å². The second-order valence-corrected chi connectivity index (χ2v) is 9.32. The van der Waals surface area contributed by atoms with Crippen molar-refractivity contribution in [2.24, 2.45) is 0 Å². The van der Waals surface area contributed by atoms with Gasteiger partial charge in [0.1, 0.15) is 18.8 Å². The highest BCUT2D eigenvalue weighted by Crippen LogP contribution is 2.42. The molecule has 5 atom stereocenters. The number of fused-ring (bicyclic) bond motifs is 2. The molecule has 2 aromatic carbocycles. The summed E-state index contributed by atoms with van der Waals surface area (Å²) in [5.74, 6) is -4.19. The molecule has 0 radical (unpaired) electrons. The molecule has 3 N–H and O–H groups in total. The van der Waals surface area contributed by atoms with Gasteiger partial charge in [-0.15, -0.1) is 0 Å². The van der Waals surface area contributed by atoms with Gasteiger partial charge in [0, 0.05) is 18.6 Å². The number of phenolic OH excluding ortho intramolecular Hbond substituents is 2. The Labute approximate surface area is 240 Å². The van der Waals surface area contributed by atoms with Gasteiger partial charge in [0.25, 0.3) is 5.79 Å². The number of rotatable bonds is 10. The third-order valence-corrected chi connectivity index (χ3v) is 6.59. The number of aliphatic hydroxyl groups excluding tert-OH is 1. The molecule has 0 aromatic heterocycles. The number of hydrogen-bond acceptors (Lipinski definition) is 13. The Kier molecular flexibility index (Phi) is 9.35. The van der Waals surface area contributed by atoms with Crippen molar-refractivity contribution in [3.63, 3.8) is 0 Å². The standard InChI is InChI=1S/C29H30O13/c1-36-21-12-16(4-8-18(21)30)6-10-24(33)39-15-23-27-26(20(32)14-29(41-23,42-27)28(35)38-3)40-25(34)11-7-17-5-9-19(31)22(13-17)37-2/h4-13,20,23,26-27,30-32H,14-15H2,1-3H3/t20-,23-,26-,27-,29+/m1/s1. The normalized spacial score (nSPS) is 24.9. The Morgan fingerprint density at radius 3 is 2.02 bits per heavy atom. The van der Waals surface area contributed by atoms with Crippen LogP contribution in [0, 0.1) is 0 Å². The zero-order valence-corrected chi connectivity index (χ0v) is 22.9. The van der Waals surface area contributed by atoms with E-state index in [1.807, 2.05) is 0 Å². The minimum Gasteiger partial charge on any atom is -0.504 e. The van der Waals surface area contributed by atoms with Crippen molar-refractivity contribution in [3.05, 3.63) is 59.7 Å². The molecule has 2 aliphatic heterocycles. The average molecular weight is 587 g/mol. The molecule has 0 saturated carbocycles. The summed E-state index contributed by atoms with van der Waals surface area (Å²) in [4.78, 5) is 37.6. The highest BCUT2D eigenvalue weighted by molar-refractivity contribution is 5.88. The second-order valence-electron chi connectivity index (χ2n) is 9.32. The van der Waals surface area contributed by atoms with Gasteiger partial charge >= 0.3 is 17.9 Å². The van der Waals surface area contributed by atoms with Crippen LogP contribution in [0.1, 0.15) is 17.5 Å². The van der Waals surface area contributed by atoms with E-state index in [0.29, 0.717) is 11.1 Å². The number of aliphatic hydroxyl groups is 1. The summed E-state index contributed by atoms with van der Waals surface area (Å²) >= 11 is 0. The molecule has 224 valence electrons. The number of benzene rings is 2. The zero-order chi connectivity index (χ0) is 30.4.